The standard InChI is InChI=1S/C25H28N4O2/c1-27(17-18-10-5-4-6-11-18)15-9-14-26-24(30)22-16-20-23(28(22)2)19-12-7-8-13-21(19)29(3)25(20)31/h4-8,10-13,16H,9,14-15,17H2,1-3H3,(H,26,30). The molecule has 160 valence electrons. The lowest BCUT2D eigenvalue weighted by atomic mass is 10.1. The van der Waals surface area contributed by atoms with E-state index in [9.17, 15) is 9.59 Å². The third-order valence-corrected chi connectivity index (χ3v) is 5.82. The molecule has 1 N–H and O–H groups in total. The fraction of sp³-hybridized carbons (Fsp3) is 0.280. The molecule has 2 aromatic heterocycles. The van der Waals surface area contributed by atoms with Gasteiger partial charge in [-0.3, -0.25) is 9.59 Å². The van der Waals surface area contributed by atoms with Crippen LogP contribution in [0.2, 0.25) is 0 Å². The fourth-order valence-corrected chi connectivity index (χ4v) is 4.18. The van der Waals surface area contributed by atoms with Crippen molar-refractivity contribution in [2.45, 2.75) is 13.0 Å². The number of para-hydroxylation sites is 1. The minimum Gasteiger partial charge on any atom is -0.351 e. The zero-order chi connectivity index (χ0) is 22.0. The highest BCUT2D eigenvalue weighted by atomic mass is 16.2. The van der Waals surface area contributed by atoms with Crippen LogP contribution in [0.4, 0.5) is 0 Å². The number of aryl methyl sites for hydroxylation is 2. The Hall–Kier alpha value is -3.38. The largest absolute Gasteiger partial charge is 0.351 e. The van der Waals surface area contributed by atoms with Crippen molar-refractivity contribution in [1.29, 1.82) is 0 Å². The number of benzene rings is 2. The average molecular weight is 417 g/mol. The van der Waals surface area contributed by atoms with Gasteiger partial charge in [0.15, 0.2) is 0 Å². The summed E-state index contributed by atoms with van der Waals surface area (Å²) in [5, 5.41) is 4.53. The summed E-state index contributed by atoms with van der Waals surface area (Å²) < 4.78 is 3.47. The van der Waals surface area contributed by atoms with E-state index in [-0.39, 0.29) is 11.5 Å². The van der Waals surface area contributed by atoms with Crippen LogP contribution in [0.3, 0.4) is 0 Å². The summed E-state index contributed by atoms with van der Waals surface area (Å²) >= 11 is 0. The summed E-state index contributed by atoms with van der Waals surface area (Å²) in [4.78, 5) is 27.9. The van der Waals surface area contributed by atoms with Crippen molar-refractivity contribution in [1.82, 2.24) is 19.4 Å². The van der Waals surface area contributed by atoms with E-state index in [1.165, 1.54) is 5.56 Å². The van der Waals surface area contributed by atoms with Crippen molar-refractivity contribution in [2.24, 2.45) is 14.1 Å². The lowest BCUT2D eigenvalue weighted by molar-refractivity contribution is 0.0944. The SMILES string of the molecule is CN(CCCNC(=O)c1cc2c(=O)n(C)c3ccccc3c2n1C)Cc1ccccc1. The smallest absolute Gasteiger partial charge is 0.267 e. The van der Waals surface area contributed by atoms with Crippen LogP contribution in [0.5, 0.6) is 0 Å². The molecule has 4 rings (SSSR count). The third-order valence-electron chi connectivity index (χ3n) is 5.82. The summed E-state index contributed by atoms with van der Waals surface area (Å²) in [6, 6.07) is 19.8. The maximum absolute atomic E-state index is 12.8. The van der Waals surface area contributed by atoms with Crippen molar-refractivity contribution < 1.29 is 4.79 Å². The van der Waals surface area contributed by atoms with Crippen molar-refractivity contribution >= 4 is 27.7 Å². The van der Waals surface area contributed by atoms with E-state index in [1.54, 1.807) is 17.7 Å². The van der Waals surface area contributed by atoms with Crippen LogP contribution in [0.25, 0.3) is 21.8 Å². The molecule has 0 aliphatic carbocycles. The van der Waals surface area contributed by atoms with Crippen LogP contribution in [0.1, 0.15) is 22.5 Å². The zero-order valence-corrected chi connectivity index (χ0v) is 18.3. The minimum absolute atomic E-state index is 0.0918. The molecule has 0 atom stereocenters. The molecule has 2 heterocycles. The fourth-order valence-electron chi connectivity index (χ4n) is 4.18. The van der Waals surface area contributed by atoms with Gasteiger partial charge in [-0.1, -0.05) is 48.5 Å². The number of fused-ring (bicyclic) bond motifs is 3. The van der Waals surface area contributed by atoms with Crippen LogP contribution < -0.4 is 10.9 Å². The molecule has 0 fully saturated rings. The van der Waals surface area contributed by atoms with Gasteiger partial charge in [0.2, 0.25) is 0 Å². The number of hydrogen-bond donors (Lipinski definition) is 1. The quantitative estimate of drug-likeness (QED) is 0.471. The molecule has 6 nitrogen and oxygen atoms in total. The number of aromatic nitrogens is 2. The number of carbonyl (C=O) groups excluding carboxylic acids is 1. The predicted octanol–water partition coefficient (Wildman–Crippen LogP) is 3.28. The Labute approximate surface area is 181 Å². The minimum atomic E-state index is -0.157. The van der Waals surface area contributed by atoms with Gasteiger partial charge in [0.1, 0.15) is 5.69 Å². The van der Waals surface area contributed by atoms with E-state index in [0.29, 0.717) is 17.6 Å². The average Bonchev–Trinajstić information content (AvgIpc) is 3.13. The number of hydrogen-bond acceptors (Lipinski definition) is 3. The van der Waals surface area contributed by atoms with E-state index in [0.717, 1.165) is 35.9 Å². The molecule has 31 heavy (non-hydrogen) atoms. The Bertz CT molecular complexity index is 1290. The molecule has 1 amide bonds. The van der Waals surface area contributed by atoms with Crippen LogP contribution in [0, 0.1) is 0 Å². The number of nitrogens with zero attached hydrogens (tertiary/aromatic N) is 3. The molecule has 0 saturated heterocycles. The van der Waals surface area contributed by atoms with Crippen molar-refractivity contribution in [2.75, 3.05) is 20.1 Å². The number of amides is 1. The second-order valence-corrected chi connectivity index (χ2v) is 8.07. The monoisotopic (exact) mass is 416 g/mol. The van der Waals surface area contributed by atoms with Crippen LogP contribution in [-0.4, -0.2) is 40.1 Å². The van der Waals surface area contributed by atoms with Crippen molar-refractivity contribution in [3.8, 4) is 0 Å². The summed E-state index contributed by atoms with van der Waals surface area (Å²) in [7, 11) is 5.69. The molecule has 0 unspecified atom stereocenters. The normalized spacial score (nSPS) is 11.5. The van der Waals surface area contributed by atoms with E-state index < -0.39 is 0 Å². The maximum atomic E-state index is 12.8. The highest BCUT2D eigenvalue weighted by Crippen LogP contribution is 2.24. The third kappa shape index (κ3) is 4.11. The Kier molecular flexibility index (Phi) is 5.91. The van der Waals surface area contributed by atoms with Crippen LogP contribution in [-0.2, 0) is 20.6 Å². The molecule has 0 radical (unpaired) electrons. The van der Waals surface area contributed by atoms with Gasteiger partial charge in [-0.2, -0.15) is 0 Å². The van der Waals surface area contributed by atoms with Crippen LogP contribution >= 0.6 is 0 Å². The first kappa shape index (κ1) is 20.9. The Morgan fingerprint density at radius 3 is 2.45 bits per heavy atom. The van der Waals surface area contributed by atoms with Gasteiger partial charge in [0.05, 0.1) is 16.4 Å². The first-order valence-corrected chi connectivity index (χ1v) is 10.5. The molecular formula is C25H28N4O2. The Balaban J connectivity index is 1.45. The summed E-state index contributed by atoms with van der Waals surface area (Å²) in [6.07, 6.45) is 0.851. The lowest BCUT2D eigenvalue weighted by Gasteiger charge is -2.16. The molecular weight excluding hydrogens is 388 g/mol. The van der Waals surface area contributed by atoms with Gasteiger partial charge < -0.3 is 19.4 Å². The van der Waals surface area contributed by atoms with Gasteiger partial charge in [0.25, 0.3) is 11.5 Å². The topological polar surface area (TPSA) is 59.3 Å². The Morgan fingerprint density at radius 2 is 1.68 bits per heavy atom. The first-order valence-electron chi connectivity index (χ1n) is 10.5. The van der Waals surface area contributed by atoms with Crippen molar-refractivity contribution in [3.63, 3.8) is 0 Å². The van der Waals surface area contributed by atoms with Gasteiger partial charge in [0, 0.05) is 32.6 Å². The molecule has 0 aliphatic heterocycles. The molecule has 0 spiro atoms. The molecule has 0 saturated carbocycles. The summed E-state index contributed by atoms with van der Waals surface area (Å²) in [5.41, 5.74) is 3.34. The van der Waals surface area contributed by atoms with Crippen LogP contribution in [0.15, 0.2) is 65.5 Å². The maximum Gasteiger partial charge on any atom is 0.267 e. The highest BCUT2D eigenvalue weighted by Gasteiger charge is 2.18. The van der Waals surface area contributed by atoms with E-state index in [4.69, 9.17) is 0 Å². The molecule has 0 bridgehead atoms. The number of nitrogens with one attached hydrogen (secondary N) is 1. The number of pyridine rings is 1. The van der Waals surface area contributed by atoms with Crippen molar-refractivity contribution in [3.05, 3.63) is 82.3 Å². The first-order chi connectivity index (χ1) is 15.0. The van der Waals surface area contributed by atoms with Gasteiger partial charge in [-0.05, 0) is 37.7 Å². The van der Waals surface area contributed by atoms with Gasteiger partial charge in [-0.25, -0.2) is 0 Å². The molecule has 6 heteroatoms. The van der Waals surface area contributed by atoms with Gasteiger partial charge >= 0.3 is 0 Å². The van der Waals surface area contributed by atoms with E-state index in [2.05, 4.69) is 29.4 Å². The Morgan fingerprint density at radius 1 is 0.968 bits per heavy atom. The summed E-state index contributed by atoms with van der Waals surface area (Å²) in [6.45, 7) is 2.35. The molecule has 2 aromatic carbocycles. The van der Waals surface area contributed by atoms with Gasteiger partial charge in [-0.15, -0.1) is 0 Å². The number of carbonyl (C=O) groups is 1. The molecule has 0 aliphatic rings. The van der Waals surface area contributed by atoms with E-state index >= 15 is 0 Å². The zero-order valence-electron chi connectivity index (χ0n) is 18.3. The second kappa shape index (κ2) is 8.78. The highest BCUT2D eigenvalue weighted by molar-refractivity contribution is 6.08. The molecule has 4 aromatic rings. The predicted molar refractivity (Wildman–Crippen MR) is 125 cm³/mol. The van der Waals surface area contributed by atoms with E-state index in [1.807, 2.05) is 54.1 Å². The lowest BCUT2D eigenvalue weighted by Crippen LogP contribution is -2.29. The second-order valence-electron chi connectivity index (χ2n) is 8.07. The summed E-state index contributed by atoms with van der Waals surface area (Å²) in [5.74, 6) is -0.157. The number of rotatable bonds is 7.